The fraction of sp³-hybridized carbons (Fsp3) is 0.182. The molecule has 1 unspecified atom stereocenters. The third kappa shape index (κ3) is 4.89. The summed E-state index contributed by atoms with van der Waals surface area (Å²) in [4.78, 5) is 19.0. The van der Waals surface area contributed by atoms with Gasteiger partial charge in [0.15, 0.2) is 0 Å². The zero-order chi connectivity index (χ0) is 25.3. The molecule has 1 aliphatic rings. The molecule has 182 valence electrons. The third-order valence-electron chi connectivity index (χ3n) is 5.70. The first-order valence-electron chi connectivity index (χ1n) is 10.4. The number of pyridine rings is 2. The zero-order valence-electron chi connectivity index (χ0n) is 18.8. The van der Waals surface area contributed by atoms with Crippen LogP contribution in [0.25, 0.3) is 11.1 Å². The highest BCUT2D eigenvalue weighted by atomic mass is 79.9. The summed E-state index contributed by atoms with van der Waals surface area (Å²) in [6.45, 7) is 2.02. The van der Waals surface area contributed by atoms with Gasteiger partial charge in [0, 0.05) is 46.0 Å². The molecule has 0 aromatic carbocycles. The van der Waals surface area contributed by atoms with Crippen molar-refractivity contribution in [3.63, 3.8) is 0 Å². The number of allylic oxidation sites excluding steroid dienone is 1. The lowest BCUT2D eigenvalue weighted by Crippen LogP contribution is -2.37. The summed E-state index contributed by atoms with van der Waals surface area (Å²) >= 11 is 3.44. The first-order valence-corrected chi connectivity index (χ1v) is 12.6. The lowest BCUT2D eigenvalue weighted by molar-refractivity contribution is -0.498. The Bertz CT molecular complexity index is 1500. The molecule has 35 heavy (non-hydrogen) atoms. The van der Waals surface area contributed by atoms with Crippen LogP contribution < -0.4 is 10.7 Å². The Morgan fingerprint density at radius 3 is 2.80 bits per heavy atom. The molecule has 4 rings (SSSR count). The molecule has 1 atom stereocenters. The summed E-state index contributed by atoms with van der Waals surface area (Å²) in [6, 6.07) is 7.68. The van der Waals surface area contributed by atoms with Crippen LogP contribution in [0.3, 0.4) is 0 Å². The Morgan fingerprint density at radius 1 is 1.37 bits per heavy atom. The molecule has 3 heterocycles. The number of hydrazine groups is 1. The fourth-order valence-corrected chi connectivity index (χ4v) is 5.20. The quantitative estimate of drug-likeness (QED) is 0.255. The molecule has 3 aromatic heterocycles. The lowest BCUT2D eigenvalue weighted by atomic mass is 9.92. The average Bonchev–Trinajstić information content (AvgIpc) is 3.26. The number of nitro groups is 1. The summed E-state index contributed by atoms with van der Waals surface area (Å²) in [6.07, 6.45) is 7.67. The van der Waals surface area contributed by atoms with Gasteiger partial charge >= 0.3 is 0 Å². The van der Waals surface area contributed by atoms with Crippen molar-refractivity contribution in [2.75, 3.05) is 7.05 Å². The molecule has 0 bridgehead atoms. The predicted molar refractivity (Wildman–Crippen MR) is 134 cm³/mol. The Morgan fingerprint density at radius 2 is 2.14 bits per heavy atom. The van der Waals surface area contributed by atoms with Crippen LogP contribution in [0.5, 0.6) is 0 Å². The van der Waals surface area contributed by atoms with Gasteiger partial charge in [-0.05, 0) is 42.8 Å². The first kappa shape index (κ1) is 24.7. The number of nitrogens with zero attached hydrogens (tertiary/aromatic N) is 5. The van der Waals surface area contributed by atoms with Crippen molar-refractivity contribution in [3.05, 3.63) is 103 Å². The number of nitrogens with two attached hydrogens (primary N) is 1. The molecule has 0 spiro atoms. The summed E-state index contributed by atoms with van der Waals surface area (Å²) in [5, 5.41) is 16.4. The largest absolute Gasteiger partial charge is 0.368 e. The van der Waals surface area contributed by atoms with Gasteiger partial charge in [-0.25, -0.2) is 12.9 Å². The van der Waals surface area contributed by atoms with Gasteiger partial charge in [0.1, 0.15) is 4.91 Å². The lowest BCUT2D eigenvalue weighted by Gasteiger charge is -2.28. The number of likely N-dealkylation sites (N-methyl/N-ethyl adjacent to an activating group) is 1. The maximum Gasteiger partial charge on any atom is 0.258 e. The number of nitrogens with one attached hydrogen (secondary N) is 1. The molecule has 0 amide bonds. The van der Waals surface area contributed by atoms with Crippen LogP contribution in [0.2, 0.25) is 0 Å². The number of aromatic nitrogens is 3. The minimum Gasteiger partial charge on any atom is -0.368 e. The van der Waals surface area contributed by atoms with Gasteiger partial charge in [0.05, 0.1) is 29.6 Å². The Labute approximate surface area is 209 Å². The molecule has 11 nitrogen and oxygen atoms in total. The molecular formula is C22H22BrN7O4S. The highest BCUT2D eigenvalue weighted by Gasteiger charge is 2.36. The van der Waals surface area contributed by atoms with Crippen LogP contribution in [0.4, 0.5) is 0 Å². The fourth-order valence-electron chi connectivity index (χ4n) is 3.94. The van der Waals surface area contributed by atoms with Crippen molar-refractivity contribution in [1.82, 2.24) is 24.3 Å². The molecule has 0 radical (unpaired) electrons. The van der Waals surface area contributed by atoms with Crippen LogP contribution in [-0.2, 0) is 16.6 Å². The van der Waals surface area contributed by atoms with Crippen LogP contribution >= 0.6 is 15.9 Å². The summed E-state index contributed by atoms with van der Waals surface area (Å²) < 4.78 is 28.0. The predicted octanol–water partition coefficient (Wildman–Crippen LogP) is 2.62. The highest BCUT2D eigenvalue weighted by Crippen LogP contribution is 2.35. The molecular weight excluding hydrogens is 538 g/mol. The van der Waals surface area contributed by atoms with E-state index in [4.69, 9.17) is 5.84 Å². The summed E-state index contributed by atoms with van der Waals surface area (Å²) in [7, 11) is -2.52. The molecule has 0 saturated heterocycles. The number of fused-ring (bicyclic) bond motifs is 1. The van der Waals surface area contributed by atoms with Crippen molar-refractivity contribution in [1.29, 1.82) is 0 Å². The second kappa shape index (κ2) is 9.70. The van der Waals surface area contributed by atoms with E-state index in [-0.39, 0.29) is 17.1 Å². The average molecular weight is 560 g/mol. The smallest absolute Gasteiger partial charge is 0.258 e. The Balaban J connectivity index is 1.91. The molecule has 0 saturated carbocycles. The molecule has 3 aromatic rings. The van der Waals surface area contributed by atoms with Crippen LogP contribution in [0.1, 0.15) is 18.2 Å². The van der Waals surface area contributed by atoms with E-state index in [1.807, 2.05) is 18.2 Å². The van der Waals surface area contributed by atoms with Crippen LogP contribution in [0, 0.1) is 10.1 Å². The van der Waals surface area contributed by atoms with Crippen molar-refractivity contribution in [2.45, 2.75) is 19.5 Å². The van der Waals surface area contributed by atoms with Crippen LogP contribution in [0.15, 0.2) is 81.7 Å². The normalized spacial score (nSPS) is 17.7. The molecule has 13 heteroatoms. The van der Waals surface area contributed by atoms with Gasteiger partial charge in [0.2, 0.25) is 0 Å². The van der Waals surface area contributed by atoms with Gasteiger partial charge in [-0.15, -0.1) is 4.83 Å². The van der Waals surface area contributed by atoms with E-state index in [1.165, 1.54) is 6.08 Å². The van der Waals surface area contributed by atoms with Gasteiger partial charge in [-0.3, -0.25) is 20.9 Å². The van der Waals surface area contributed by atoms with E-state index in [0.717, 1.165) is 16.1 Å². The highest BCUT2D eigenvalue weighted by molar-refractivity contribution is 9.10. The maximum atomic E-state index is 12.8. The minimum absolute atomic E-state index is 0.249. The van der Waals surface area contributed by atoms with Crippen molar-refractivity contribution < 1.29 is 13.3 Å². The van der Waals surface area contributed by atoms with Crippen molar-refractivity contribution in [2.24, 2.45) is 5.84 Å². The molecule has 0 fully saturated rings. The van der Waals surface area contributed by atoms with E-state index in [9.17, 15) is 18.5 Å². The molecule has 0 aliphatic heterocycles. The van der Waals surface area contributed by atoms with Crippen molar-refractivity contribution in [3.8, 4) is 0 Å². The number of hydrogen-bond donors (Lipinski definition) is 2. The maximum absolute atomic E-state index is 12.8. The third-order valence-corrected chi connectivity index (χ3v) is 7.43. The molecule has 3 N–H and O–H groups in total. The van der Waals surface area contributed by atoms with Gasteiger partial charge in [-0.1, -0.05) is 22.0 Å². The topological polar surface area (TPSA) is 149 Å². The second-order valence-electron chi connectivity index (χ2n) is 7.90. The first-order chi connectivity index (χ1) is 16.6. The van der Waals surface area contributed by atoms with E-state index in [0.29, 0.717) is 22.4 Å². The zero-order valence-corrected chi connectivity index (χ0v) is 21.2. The van der Waals surface area contributed by atoms with E-state index >= 15 is 0 Å². The summed E-state index contributed by atoms with van der Waals surface area (Å²) in [5.41, 5.74) is 3.31. The summed E-state index contributed by atoms with van der Waals surface area (Å²) in [5.74, 6) is 5.29. The van der Waals surface area contributed by atoms with Gasteiger partial charge < -0.3 is 4.90 Å². The number of hydrogen-bond acceptors (Lipinski definition) is 8. The molecule has 1 aliphatic carbocycles. The standard InChI is InChI=1S/C22H22BrN7O4S/c1-14(18-12-26-29-8-6-15(23)9-19(18)29)17-10-21(28(2)13-16-5-3-4-7-25-16)22(35(33,34)27-24)11-20(17)30(31)32/h3-12,20,27H,13,24H2,1-2H3. The van der Waals surface area contributed by atoms with Gasteiger partial charge in [0.25, 0.3) is 16.1 Å². The Kier molecular flexibility index (Phi) is 6.85. The van der Waals surface area contributed by atoms with Crippen molar-refractivity contribution >= 4 is 37.0 Å². The SMILES string of the molecule is CC(=C1C=C(N(C)Cc2ccccn2)C(S(=O)(=O)NN)=CC1[N+](=O)[O-])c1cnn2ccc(Br)cc12. The number of rotatable bonds is 7. The van der Waals surface area contributed by atoms with Gasteiger partial charge in [-0.2, -0.15) is 5.10 Å². The number of sulfonamides is 1. The number of halogens is 1. The second-order valence-corrected chi connectivity index (χ2v) is 10.5. The van der Waals surface area contributed by atoms with E-state index in [2.05, 4.69) is 26.0 Å². The monoisotopic (exact) mass is 559 g/mol. The van der Waals surface area contributed by atoms with Crippen LogP contribution in [-0.4, -0.2) is 45.9 Å². The Hall–Kier alpha value is -3.39. The van der Waals surface area contributed by atoms with E-state index < -0.39 is 21.0 Å². The van der Waals surface area contributed by atoms with E-state index in [1.54, 1.807) is 58.9 Å². The minimum atomic E-state index is -4.21.